The van der Waals surface area contributed by atoms with Crippen LogP contribution in [0.3, 0.4) is 0 Å². The Hall–Kier alpha value is 0.440. The monoisotopic (exact) mass is 208 g/mol. The summed E-state index contributed by atoms with van der Waals surface area (Å²) < 4.78 is -0.142. The van der Waals surface area contributed by atoms with Gasteiger partial charge >= 0.3 is 0 Å². The van der Waals surface area contributed by atoms with Crippen molar-refractivity contribution in [2.75, 3.05) is 0 Å². The van der Waals surface area contributed by atoms with E-state index in [1.165, 1.54) is 0 Å². The smallest absolute Gasteiger partial charge is 0.0690 e. The number of aliphatic hydroxyl groups is 1. The van der Waals surface area contributed by atoms with Gasteiger partial charge in [0.05, 0.1) is 6.10 Å². The molecule has 0 rings (SSSR count). The zero-order valence-electron chi connectivity index (χ0n) is 7.19. The molecule has 10 heavy (non-hydrogen) atoms. The highest BCUT2D eigenvalue weighted by molar-refractivity contribution is 9.10. The van der Waals surface area contributed by atoms with Crippen molar-refractivity contribution >= 4 is 15.9 Å². The van der Waals surface area contributed by atoms with Crippen LogP contribution in [0.1, 0.15) is 34.1 Å². The van der Waals surface area contributed by atoms with Crippen molar-refractivity contribution in [3.05, 3.63) is 0 Å². The molecule has 0 heterocycles. The van der Waals surface area contributed by atoms with Gasteiger partial charge in [-0.25, -0.2) is 0 Å². The molecule has 0 radical (unpaired) electrons. The fraction of sp³-hybridized carbons (Fsp3) is 1.00. The van der Waals surface area contributed by atoms with Gasteiger partial charge in [0.2, 0.25) is 0 Å². The minimum absolute atomic E-state index is 0.142. The van der Waals surface area contributed by atoms with Crippen LogP contribution in [0.5, 0.6) is 0 Å². The average Bonchev–Trinajstić information content (AvgIpc) is 1.60. The van der Waals surface area contributed by atoms with Gasteiger partial charge in [0.1, 0.15) is 0 Å². The van der Waals surface area contributed by atoms with Crippen molar-refractivity contribution in [2.24, 2.45) is 5.92 Å². The molecule has 0 aromatic rings. The summed E-state index contributed by atoms with van der Waals surface area (Å²) in [5, 5.41) is 9.51. The summed E-state index contributed by atoms with van der Waals surface area (Å²) in [7, 11) is 0. The van der Waals surface area contributed by atoms with E-state index in [1.807, 2.05) is 13.8 Å². The van der Waals surface area contributed by atoms with E-state index in [1.54, 1.807) is 0 Å². The van der Waals surface area contributed by atoms with Crippen molar-refractivity contribution in [1.82, 2.24) is 0 Å². The van der Waals surface area contributed by atoms with E-state index in [4.69, 9.17) is 0 Å². The van der Waals surface area contributed by atoms with Gasteiger partial charge in [0.15, 0.2) is 0 Å². The lowest BCUT2D eigenvalue weighted by Gasteiger charge is -2.25. The zero-order chi connectivity index (χ0) is 8.36. The van der Waals surface area contributed by atoms with E-state index >= 15 is 0 Å². The molecular formula is C8H17BrO. The highest BCUT2D eigenvalue weighted by Gasteiger charge is 2.24. The van der Waals surface area contributed by atoms with Gasteiger partial charge in [-0.1, -0.05) is 29.8 Å². The molecule has 0 fully saturated rings. The van der Waals surface area contributed by atoms with E-state index in [0.29, 0.717) is 5.92 Å². The highest BCUT2D eigenvalue weighted by Crippen LogP contribution is 2.25. The first-order valence-electron chi connectivity index (χ1n) is 3.71. The molecule has 0 aromatic heterocycles. The molecule has 1 atom stereocenters. The second-order valence-corrected chi connectivity index (χ2v) is 5.75. The molecule has 0 aliphatic rings. The lowest BCUT2D eigenvalue weighted by atomic mass is 9.97. The van der Waals surface area contributed by atoms with Gasteiger partial charge in [-0.2, -0.15) is 0 Å². The molecule has 1 N–H and O–H groups in total. The molecule has 0 bridgehead atoms. The van der Waals surface area contributed by atoms with Gasteiger partial charge in [0, 0.05) is 4.32 Å². The van der Waals surface area contributed by atoms with Gasteiger partial charge < -0.3 is 5.11 Å². The Balaban J connectivity index is 3.73. The highest BCUT2D eigenvalue weighted by atomic mass is 79.9. The number of hydrogen-bond acceptors (Lipinski definition) is 1. The van der Waals surface area contributed by atoms with Crippen LogP contribution in [0.4, 0.5) is 0 Å². The number of hydrogen-bond donors (Lipinski definition) is 1. The summed E-state index contributed by atoms with van der Waals surface area (Å²) in [4.78, 5) is 0. The lowest BCUT2D eigenvalue weighted by molar-refractivity contribution is 0.121. The molecule has 0 saturated heterocycles. The molecule has 1 unspecified atom stereocenters. The van der Waals surface area contributed by atoms with Crippen LogP contribution < -0.4 is 0 Å². The van der Waals surface area contributed by atoms with Crippen LogP contribution in [-0.4, -0.2) is 15.5 Å². The third-order valence-electron chi connectivity index (χ3n) is 1.49. The summed E-state index contributed by atoms with van der Waals surface area (Å²) in [5.74, 6) is 0.562. The second-order valence-electron chi connectivity index (χ2n) is 3.71. The van der Waals surface area contributed by atoms with E-state index in [0.717, 1.165) is 6.42 Å². The largest absolute Gasteiger partial charge is 0.392 e. The predicted molar refractivity (Wildman–Crippen MR) is 48.5 cm³/mol. The van der Waals surface area contributed by atoms with Crippen LogP contribution >= 0.6 is 15.9 Å². The average molecular weight is 209 g/mol. The van der Waals surface area contributed by atoms with Crippen LogP contribution in [0, 0.1) is 5.92 Å². The van der Waals surface area contributed by atoms with Gasteiger partial charge in [0.25, 0.3) is 0 Å². The van der Waals surface area contributed by atoms with Crippen molar-refractivity contribution in [1.29, 1.82) is 0 Å². The quantitative estimate of drug-likeness (QED) is 0.708. The molecule has 0 aliphatic carbocycles. The van der Waals surface area contributed by atoms with Crippen molar-refractivity contribution in [3.8, 4) is 0 Å². The molecule has 0 amide bonds. The standard InChI is InChI=1S/C8H17BrO/c1-6(2)5-7(10)8(3,4)9/h6-7,10H,5H2,1-4H3. The Bertz CT molecular complexity index is 93.9. The van der Waals surface area contributed by atoms with E-state index in [-0.39, 0.29) is 10.4 Å². The first-order chi connectivity index (χ1) is 4.34. The maximum absolute atomic E-state index is 9.51. The Morgan fingerprint density at radius 2 is 1.80 bits per heavy atom. The van der Waals surface area contributed by atoms with Crippen molar-refractivity contribution in [3.63, 3.8) is 0 Å². The topological polar surface area (TPSA) is 20.2 Å². The minimum atomic E-state index is -0.243. The minimum Gasteiger partial charge on any atom is -0.392 e. The SMILES string of the molecule is CC(C)CC(O)C(C)(C)Br. The second kappa shape index (κ2) is 3.72. The third-order valence-corrected chi connectivity index (χ3v) is 2.02. The molecule has 0 saturated carbocycles. The maximum Gasteiger partial charge on any atom is 0.0690 e. The van der Waals surface area contributed by atoms with E-state index < -0.39 is 0 Å². The van der Waals surface area contributed by atoms with Gasteiger partial charge in [-0.15, -0.1) is 0 Å². The summed E-state index contributed by atoms with van der Waals surface area (Å²) in [6.07, 6.45) is 0.616. The molecular weight excluding hydrogens is 192 g/mol. The molecule has 62 valence electrons. The number of alkyl halides is 1. The van der Waals surface area contributed by atoms with Crippen molar-refractivity contribution < 1.29 is 5.11 Å². The van der Waals surface area contributed by atoms with E-state index in [9.17, 15) is 5.11 Å². The Morgan fingerprint density at radius 3 is 1.90 bits per heavy atom. The van der Waals surface area contributed by atoms with Crippen LogP contribution in [0.15, 0.2) is 0 Å². The first-order valence-corrected chi connectivity index (χ1v) is 4.50. The summed E-state index contributed by atoms with van der Waals surface area (Å²) >= 11 is 3.42. The summed E-state index contributed by atoms with van der Waals surface area (Å²) in [6.45, 7) is 8.20. The van der Waals surface area contributed by atoms with Gasteiger partial charge in [-0.05, 0) is 26.2 Å². The predicted octanol–water partition coefficient (Wildman–Crippen LogP) is 2.57. The summed E-state index contributed by atoms with van der Waals surface area (Å²) in [5.41, 5.74) is 0. The normalized spacial score (nSPS) is 15.9. The maximum atomic E-state index is 9.51. The Kier molecular flexibility index (Phi) is 3.89. The van der Waals surface area contributed by atoms with E-state index in [2.05, 4.69) is 29.8 Å². The van der Waals surface area contributed by atoms with Crippen molar-refractivity contribution in [2.45, 2.75) is 44.5 Å². The number of rotatable bonds is 3. The van der Waals surface area contributed by atoms with Crippen LogP contribution in [0.25, 0.3) is 0 Å². The Morgan fingerprint density at radius 1 is 1.40 bits per heavy atom. The Labute approximate surface area is 72.0 Å². The molecule has 0 aromatic carbocycles. The lowest BCUT2D eigenvalue weighted by Crippen LogP contribution is -2.30. The molecule has 0 spiro atoms. The van der Waals surface area contributed by atoms with Crippen LogP contribution in [-0.2, 0) is 0 Å². The summed E-state index contributed by atoms with van der Waals surface area (Å²) in [6, 6.07) is 0. The first kappa shape index (κ1) is 10.4. The number of aliphatic hydroxyl groups excluding tert-OH is 1. The third kappa shape index (κ3) is 4.29. The van der Waals surface area contributed by atoms with Gasteiger partial charge in [-0.3, -0.25) is 0 Å². The molecule has 2 heteroatoms. The fourth-order valence-corrected chi connectivity index (χ4v) is 0.914. The molecule has 1 nitrogen and oxygen atoms in total. The fourth-order valence-electron chi connectivity index (χ4n) is 0.727. The molecule has 0 aliphatic heterocycles. The zero-order valence-corrected chi connectivity index (χ0v) is 8.77. The van der Waals surface area contributed by atoms with Crippen LogP contribution in [0.2, 0.25) is 0 Å². The number of halogens is 1.